The van der Waals surface area contributed by atoms with Crippen LogP contribution in [0.2, 0.25) is 0 Å². The fourth-order valence-corrected chi connectivity index (χ4v) is 2.07. The van der Waals surface area contributed by atoms with E-state index in [0.717, 1.165) is 30.2 Å². The first-order valence-corrected chi connectivity index (χ1v) is 5.36. The lowest BCUT2D eigenvalue weighted by molar-refractivity contribution is 0.596. The fourth-order valence-electron chi connectivity index (χ4n) is 1.21. The Bertz CT molecular complexity index is 327. The van der Waals surface area contributed by atoms with Gasteiger partial charge in [0, 0.05) is 23.7 Å². The lowest BCUT2D eigenvalue weighted by Gasteiger charge is -2.04. The molecule has 1 rings (SSSR count). The van der Waals surface area contributed by atoms with Crippen molar-refractivity contribution in [1.82, 2.24) is 9.88 Å². The third-order valence-electron chi connectivity index (χ3n) is 2.14. The molecule has 0 fully saturated rings. The molecule has 0 aliphatic carbocycles. The van der Waals surface area contributed by atoms with Gasteiger partial charge in [-0.05, 0) is 20.4 Å². The van der Waals surface area contributed by atoms with Crippen molar-refractivity contribution >= 4 is 11.3 Å². The van der Waals surface area contributed by atoms with Gasteiger partial charge in [0.05, 0.1) is 0 Å². The maximum atomic E-state index is 11.4. The molecule has 0 saturated heterocycles. The number of likely N-dealkylation sites (N-methyl/N-ethyl adjacent to an activating group) is 1. The minimum Gasteiger partial charge on any atom is -0.315 e. The normalized spacial score (nSPS) is 10.7. The molecule has 1 heterocycles. The van der Waals surface area contributed by atoms with E-state index in [-0.39, 0.29) is 4.87 Å². The maximum absolute atomic E-state index is 11.4. The Kier molecular flexibility index (Phi) is 3.69. The zero-order valence-electron chi connectivity index (χ0n) is 8.39. The van der Waals surface area contributed by atoms with Crippen molar-refractivity contribution in [1.29, 1.82) is 0 Å². The van der Waals surface area contributed by atoms with E-state index in [4.69, 9.17) is 0 Å². The Labute approximate surface area is 82.4 Å². The molecule has 0 amide bonds. The van der Waals surface area contributed by atoms with E-state index in [2.05, 4.69) is 12.2 Å². The Morgan fingerprint density at radius 1 is 1.46 bits per heavy atom. The van der Waals surface area contributed by atoms with Gasteiger partial charge < -0.3 is 9.88 Å². The molecule has 0 spiro atoms. The van der Waals surface area contributed by atoms with Gasteiger partial charge >= 0.3 is 4.87 Å². The smallest absolute Gasteiger partial charge is 0.307 e. The van der Waals surface area contributed by atoms with E-state index in [1.165, 1.54) is 11.3 Å². The second kappa shape index (κ2) is 4.58. The first-order valence-electron chi connectivity index (χ1n) is 4.54. The number of nitrogens with one attached hydrogen (secondary N) is 1. The quantitative estimate of drug-likeness (QED) is 0.739. The molecule has 0 bridgehead atoms. The Morgan fingerprint density at radius 2 is 2.15 bits per heavy atom. The number of nitrogens with zero attached hydrogens (tertiary/aromatic N) is 1. The highest BCUT2D eigenvalue weighted by atomic mass is 32.1. The number of hydrogen-bond acceptors (Lipinski definition) is 3. The van der Waals surface area contributed by atoms with Crippen molar-refractivity contribution in [3.63, 3.8) is 0 Å². The van der Waals surface area contributed by atoms with Crippen molar-refractivity contribution in [3.8, 4) is 0 Å². The predicted octanol–water partition coefficient (Wildman–Crippen LogP) is 1.14. The molecule has 0 aliphatic heterocycles. The fraction of sp³-hybridized carbons (Fsp3) is 0.667. The van der Waals surface area contributed by atoms with Gasteiger partial charge in [-0.2, -0.15) is 0 Å². The van der Waals surface area contributed by atoms with Crippen LogP contribution in [0, 0.1) is 13.8 Å². The summed E-state index contributed by atoms with van der Waals surface area (Å²) in [5.41, 5.74) is 1.10. The summed E-state index contributed by atoms with van der Waals surface area (Å²) in [6.45, 7) is 8.66. The molecular weight excluding hydrogens is 184 g/mol. The summed E-state index contributed by atoms with van der Waals surface area (Å²) in [6.07, 6.45) is 0. The van der Waals surface area contributed by atoms with Crippen LogP contribution >= 0.6 is 11.3 Å². The first kappa shape index (κ1) is 10.5. The van der Waals surface area contributed by atoms with E-state index >= 15 is 0 Å². The van der Waals surface area contributed by atoms with Gasteiger partial charge in [-0.1, -0.05) is 18.3 Å². The number of aryl methyl sites for hydroxylation is 1. The molecule has 0 aliphatic rings. The summed E-state index contributed by atoms with van der Waals surface area (Å²) in [7, 11) is 0. The van der Waals surface area contributed by atoms with Gasteiger partial charge in [-0.25, -0.2) is 0 Å². The van der Waals surface area contributed by atoms with Gasteiger partial charge in [0.15, 0.2) is 0 Å². The third kappa shape index (κ3) is 2.42. The maximum Gasteiger partial charge on any atom is 0.307 e. The highest BCUT2D eigenvalue weighted by Crippen LogP contribution is 2.08. The van der Waals surface area contributed by atoms with Crippen LogP contribution in [0.5, 0.6) is 0 Å². The standard InChI is InChI=1S/C9H16N2OS/c1-4-10-5-6-11-7(2)8(3)13-9(11)12/h10H,4-6H2,1-3H3. The van der Waals surface area contributed by atoms with E-state index in [9.17, 15) is 4.79 Å². The van der Waals surface area contributed by atoms with E-state index < -0.39 is 0 Å². The summed E-state index contributed by atoms with van der Waals surface area (Å²) in [4.78, 5) is 12.7. The third-order valence-corrected chi connectivity index (χ3v) is 3.13. The molecule has 0 radical (unpaired) electrons. The molecule has 1 aromatic rings. The van der Waals surface area contributed by atoms with E-state index in [1.807, 2.05) is 18.4 Å². The molecule has 3 nitrogen and oxygen atoms in total. The molecule has 0 aromatic carbocycles. The Morgan fingerprint density at radius 3 is 2.62 bits per heavy atom. The van der Waals surface area contributed by atoms with Gasteiger partial charge in [0.1, 0.15) is 0 Å². The highest BCUT2D eigenvalue weighted by molar-refractivity contribution is 7.09. The molecule has 0 saturated carbocycles. The minimum absolute atomic E-state index is 0.160. The van der Waals surface area contributed by atoms with Gasteiger partial charge in [-0.15, -0.1) is 0 Å². The van der Waals surface area contributed by atoms with Crippen LogP contribution in [0.1, 0.15) is 17.5 Å². The van der Waals surface area contributed by atoms with Crippen LogP contribution < -0.4 is 10.2 Å². The lowest BCUT2D eigenvalue weighted by atomic mass is 10.4. The Hall–Kier alpha value is -0.610. The summed E-state index contributed by atoms with van der Waals surface area (Å²) in [5.74, 6) is 0. The predicted molar refractivity (Wildman–Crippen MR) is 56.6 cm³/mol. The molecule has 0 unspecified atom stereocenters. The SMILES string of the molecule is CCNCCn1c(C)c(C)sc1=O. The zero-order chi connectivity index (χ0) is 9.84. The van der Waals surface area contributed by atoms with Gasteiger partial charge in [-0.3, -0.25) is 4.79 Å². The van der Waals surface area contributed by atoms with E-state index in [1.54, 1.807) is 0 Å². The van der Waals surface area contributed by atoms with Crippen molar-refractivity contribution in [2.45, 2.75) is 27.3 Å². The van der Waals surface area contributed by atoms with Crippen LogP contribution in [0.3, 0.4) is 0 Å². The summed E-state index contributed by atoms with van der Waals surface area (Å²) >= 11 is 1.33. The van der Waals surface area contributed by atoms with Crippen LogP contribution in [-0.2, 0) is 6.54 Å². The highest BCUT2D eigenvalue weighted by Gasteiger charge is 2.05. The minimum atomic E-state index is 0.160. The number of thiazole rings is 1. The number of rotatable bonds is 4. The largest absolute Gasteiger partial charge is 0.315 e. The van der Waals surface area contributed by atoms with Crippen LogP contribution in [-0.4, -0.2) is 17.7 Å². The molecule has 13 heavy (non-hydrogen) atoms. The molecule has 4 heteroatoms. The first-order chi connectivity index (χ1) is 6.16. The van der Waals surface area contributed by atoms with Crippen LogP contribution in [0.25, 0.3) is 0 Å². The molecular formula is C9H16N2OS. The summed E-state index contributed by atoms with van der Waals surface area (Å²) in [6, 6.07) is 0. The monoisotopic (exact) mass is 200 g/mol. The van der Waals surface area contributed by atoms with Gasteiger partial charge in [0.25, 0.3) is 0 Å². The van der Waals surface area contributed by atoms with E-state index in [0.29, 0.717) is 0 Å². The molecule has 0 atom stereocenters. The lowest BCUT2D eigenvalue weighted by Crippen LogP contribution is -2.24. The molecule has 74 valence electrons. The zero-order valence-corrected chi connectivity index (χ0v) is 9.20. The van der Waals surface area contributed by atoms with Crippen molar-refractivity contribution < 1.29 is 0 Å². The summed E-state index contributed by atoms with van der Waals surface area (Å²) in [5, 5.41) is 3.21. The Balaban J connectivity index is 2.70. The van der Waals surface area contributed by atoms with Crippen molar-refractivity contribution in [3.05, 3.63) is 20.2 Å². The molecule has 1 aromatic heterocycles. The molecule has 1 N–H and O–H groups in total. The number of hydrogen-bond donors (Lipinski definition) is 1. The average Bonchev–Trinajstić information content (AvgIpc) is 2.32. The van der Waals surface area contributed by atoms with Crippen molar-refractivity contribution in [2.75, 3.05) is 13.1 Å². The topological polar surface area (TPSA) is 34.0 Å². The van der Waals surface area contributed by atoms with Gasteiger partial charge in [0.2, 0.25) is 0 Å². The number of aromatic nitrogens is 1. The van der Waals surface area contributed by atoms with Crippen LogP contribution in [0.4, 0.5) is 0 Å². The second-order valence-electron chi connectivity index (χ2n) is 3.01. The summed E-state index contributed by atoms with van der Waals surface area (Å²) < 4.78 is 1.84. The van der Waals surface area contributed by atoms with Crippen molar-refractivity contribution in [2.24, 2.45) is 0 Å². The average molecular weight is 200 g/mol. The second-order valence-corrected chi connectivity index (χ2v) is 4.18. The van der Waals surface area contributed by atoms with Crippen LogP contribution in [0.15, 0.2) is 4.79 Å².